The van der Waals surface area contributed by atoms with Crippen LogP contribution in [0.3, 0.4) is 0 Å². The molecule has 0 fully saturated rings. The van der Waals surface area contributed by atoms with Gasteiger partial charge in [-0.2, -0.15) is 5.10 Å². The Kier molecular flexibility index (Phi) is 8.78. The van der Waals surface area contributed by atoms with Gasteiger partial charge in [-0.1, -0.05) is 77.6 Å². The minimum absolute atomic E-state index is 0.214. The van der Waals surface area contributed by atoms with Crippen LogP contribution < -0.4 is 10.6 Å². The molecule has 228 valence electrons. The lowest BCUT2D eigenvalue weighted by molar-refractivity contribution is 0.0695. The predicted octanol–water partition coefficient (Wildman–Crippen LogP) is 7.07. The molecule has 10 nitrogen and oxygen atoms in total. The van der Waals surface area contributed by atoms with Crippen LogP contribution in [0, 0.1) is 0 Å². The van der Waals surface area contributed by atoms with Crippen LogP contribution in [0.4, 0.5) is 10.6 Å². The molecule has 3 heterocycles. The molecule has 0 saturated heterocycles. The number of amides is 2. The first kappa shape index (κ1) is 30.8. The lowest BCUT2D eigenvalue weighted by Gasteiger charge is -2.16. The first-order valence-electron chi connectivity index (χ1n) is 14.6. The summed E-state index contributed by atoms with van der Waals surface area (Å²) in [5.74, 6) is 0.600. The van der Waals surface area contributed by atoms with Gasteiger partial charge in [0.15, 0.2) is 5.65 Å². The fraction of sp³-hybridized carbons (Fsp3) is 0.303. The van der Waals surface area contributed by atoms with Crippen LogP contribution in [0.1, 0.15) is 80.5 Å². The molecule has 0 radical (unpaired) electrons. The number of hydrogen-bond donors (Lipinski definition) is 3. The van der Waals surface area contributed by atoms with Gasteiger partial charge in [0.1, 0.15) is 11.6 Å². The topological polar surface area (TPSA) is 126 Å². The van der Waals surface area contributed by atoms with E-state index in [2.05, 4.69) is 34.7 Å². The molecule has 2 aromatic carbocycles. The minimum atomic E-state index is -1.00. The molecule has 5 aromatic rings. The lowest BCUT2D eigenvalue weighted by Crippen LogP contribution is -2.29. The standard InChI is InChI=1S/C33H37N7O3S/c1-7-23-24(31(41)42)12-10-13-25(23)40-29(17-27(38-40)33(4,5)6)35-32(43)34-18-21-11-8-9-14-26(21)44-22-15-16-28-36-37-30(20(2)3)39(28)19-22/h8-17,19-20H,7,18H2,1-6H3,(H,41,42)(H2,34,35,43). The number of carbonyl (C=O) groups excluding carboxylic acids is 1. The summed E-state index contributed by atoms with van der Waals surface area (Å²) in [5.41, 5.74) is 3.71. The van der Waals surface area contributed by atoms with E-state index in [1.165, 1.54) is 0 Å². The van der Waals surface area contributed by atoms with Gasteiger partial charge in [-0.25, -0.2) is 14.3 Å². The zero-order valence-electron chi connectivity index (χ0n) is 25.8. The number of hydrogen-bond acceptors (Lipinski definition) is 6. The highest BCUT2D eigenvalue weighted by molar-refractivity contribution is 7.99. The van der Waals surface area contributed by atoms with Crippen molar-refractivity contribution in [1.29, 1.82) is 0 Å². The van der Waals surface area contributed by atoms with E-state index in [0.29, 0.717) is 30.0 Å². The second-order valence-electron chi connectivity index (χ2n) is 11.9. The molecule has 0 spiro atoms. The van der Waals surface area contributed by atoms with Crippen molar-refractivity contribution < 1.29 is 14.7 Å². The van der Waals surface area contributed by atoms with Gasteiger partial charge in [0.2, 0.25) is 0 Å². The van der Waals surface area contributed by atoms with E-state index in [1.807, 2.05) is 86.8 Å². The Morgan fingerprint density at radius 1 is 1.02 bits per heavy atom. The summed E-state index contributed by atoms with van der Waals surface area (Å²) in [6, 6.07) is 18.5. The fourth-order valence-corrected chi connectivity index (χ4v) is 5.89. The van der Waals surface area contributed by atoms with Crippen molar-refractivity contribution in [3.8, 4) is 5.69 Å². The molecule has 44 heavy (non-hydrogen) atoms. The summed E-state index contributed by atoms with van der Waals surface area (Å²) in [6.45, 7) is 12.5. The normalized spacial score (nSPS) is 11.7. The molecule has 3 aromatic heterocycles. The van der Waals surface area contributed by atoms with Gasteiger partial charge in [-0.05, 0) is 47.9 Å². The summed E-state index contributed by atoms with van der Waals surface area (Å²) >= 11 is 1.61. The van der Waals surface area contributed by atoms with Gasteiger partial charge in [0.25, 0.3) is 0 Å². The molecule has 0 atom stereocenters. The Morgan fingerprint density at radius 3 is 2.50 bits per heavy atom. The average Bonchev–Trinajstić information content (AvgIpc) is 3.60. The van der Waals surface area contributed by atoms with Gasteiger partial charge in [0, 0.05) is 39.9 Å². The number of aromatic carboxylic acids is 1. The zero-order chi connectivity index (χ0) is 31.6. The third-order valence-electron chi connectivity index (χ3n) is 7.24. The first-order valence-corrected chi connectivity index (χ1v) is 15.4. The maximum absolute atomic E-state index is 13.3. The molecule has 0 unspecified atom stereocenters. The number of anilines is 1. The zero-order valence-corrected chi connectivity index (χ0v) is 26.6. The second-order valence-corrected chi connectivity index (χ2v) is 13.0. The van der Waals surface area contributed by atoms with Crippen molar-refractivity contribution in [1.82, 2.24) is 29.7 Å². The molecule has 0 aliphatic heterocycles. The third-order valence-corrected chi connectivity index (χ3v) is 8.34. The minimum Gasteiger partial charge on any atom is -0.478 e. The largest absolute Gasteiger partial charge is 0.478 e. The van der Waals surface area contributed by atoms with E-state index in [9.17, 15) is 14.7 Å². The molecule has 2 amide bonds. The number of aromatic nitrogens is 5. The summed E-state index contributed by atoms with van der Waals surface area (Å²) in [6.07, 6.45) is 2.54. The number of carbonyl (C=O) groups is 2. The number of carboxylic acids is 1. The third kappa shape index (κ3) is 6.47. The first-order chi connectivity index (χ1) is 21.0. The van der Waals surface area contributed by atoms with Gasteiger partial charge >= 0.3 is 12.0 Å². The summed E-state index contributed by atoms with van der Waals surface area (Å²) in [7, 11) is 0. The SMILES string of the molecule is CCc1c(C(=O)O)cccc1-n1nc(C(C)(C)C)cc1NC(=O)NCc1ccccc1Sc1ccc2nnc(C(C)C)n2c1. The maximum atomic E-state index is 13.3. The Balaban J connectivity index is 1.37. The van der Waals surface area contributed by atoms with Crippen molar-refractivity contribution >= 4 is 35.2 Å². The Hall–Kier alpha value is -4.64. The van der Waals surface area contributed by atoms with Crippen LogP contribution in [0.5, 0.6) is 0 Å². The number of nitrogens with zero attached hydrogens (tertiary/aromatic N) is 5. The molecular formula is C33H37N7O3S. The van der Waals surface area contributed by atoms with E-state index in [1.54, 1.807) is 28.6 Å². The van der Waals surface area contributed by atoms with Crippen LogP contribution in [-0.2, 0) is 18.4 Å². The van der Waals surface area contributed by atoms with Gasteiger partial charge in [0.05, 0.1) is 16.9 Å². The summed E-state index contributed by atoms with van der Waals surface area (Å²) in [4.78, 5) is 27.2. The van der Waals surface area contributed by atoms with Crippen molar-refractivity contribution in [2.75, 3.05) is 5.32 Å². The summed E-state index contributed by atoms with van der Waals surface area (Å²) in [5, 5.41) is 29.1. The van der Waals surface area contributed by atoms with Gasteiger partial charge in [-0.3, -0.25) is 9.72 Å². The van der Waals surface area contributed by atoms with Crippen LogP contribution in [0.2, 0.25) is 0 Å². The highest BCUT2D eigenvalue weighted by atomic mass is 32.2. The molecule has 3 N–H and O–H groups in total. The van der Waals surface area contributed by atoms with Crippen LogP contribution in [-0.4, -0.2) is 41.5 Å². The molecule has 0 saturated carbocycles. The van der Waals surface area contributed by atoms with Crippen LogP contribution in [0.15, 0.2) is 76.7 Å². The number of carboxylic acid groups (broad SMARTS) is 1. The Bertz CT molecular complexity index is 1830. The van der Waals surface area contributed by atoms with E-state index in [-0.39, 0.29) is 16.9 Å². The highest BCUT2D eigenvalue weighted by Crippen LogP contribution is 2.32. The smallest absolute Gasteiger partial charge is 0.336 e. The van der Waals surface area contributed by atoms with Crippen LogP contribution in [0.25, 0.3) is 11.3 Å². The van der Waals surface area contributed by atoms with Gasteiger partial charge < -0.3 is 10.4 Å². The van der Waals surface area contributed by atoms with E-state index < -0.39 is 12.0 Å². The predicted molar refractivity (Wildman–Crippen MR) is 172 cm³/mol. The van der Waals surface area contributed by atoms with Crippen molar-refractivity contribution in [2.45, 2.75) is 75.6 Å². The van der Waals surface area contributed by atoms with Gasteiger partial charge in [-0.15, -0.1) is 10.2 Å². The average molecular weight is 612 g/mol. The maximum Gasteiger partial charge on any atom is 0.336 e. The van der Waals surface area contributed by atoms with E-state index in [4.69, 9.17) is 5.10 Å². The molecule has 11 heteroatoms. The van der Waals surface area contributed by atoms with Crippen molar-refractivity contribution in [2.24, 2.45) is 0 Å². The number of rotatable bonds is 9. The number of nitrogens with one attached hydrogen (secondary N) is 2. The molecule has 0 aliphatic carbocycles. The van der Waals surface area contributed by atoms with E-state index >= 15 is 0 Å². The Morgan fingerprint density at radius 2 is 1.80 bits per heavy atom. The molecule has 0 aliphatic rings. The quantitative estimate of drug-likeness (QED) is 0.163. The lowest BCUT2D eigenvalue weighted by atomic mass is 9.92. The van der Waals surface area contributed by atoms with Crippen molar-refractivity contribution in [3.63, 3.8) is 0 Å². The van der Waals surface area contributed by atoms with Crippen LogP contribution >= 0.6 is 11.8 Å². The summed E-state index contributed by atoms with van der Waals surface area (Å²) < 4.78 is 3.65. The Labute approximate surface area is 260 Å². The molecule has 0 bridgehead atoms. The number of pyridine rings is 1. The molecule has 5 rings (SSSR count). The van der Waals surface area contributed by atoms with Crippen molar-refractivity contribution in [3.05, 3.63) is 95.1 Å². The molecular weight excluding hydrogens is 574 g/mol. The second kappa shape index (κ2) is 12.5. The number of fused-ring (bicyclic) bond motifs is 1. The monoisotopic (exact) mass is 611 g/mol. The highest BCUT2D eigenvalue weighted by Gasteiger charge is 2.24. The fourth-order valence-electron chi connectivity index (χ4n) is 4.92. The number of urea groups is 1. The van der Waals surface area contributed by atoms with E-state index in [0.717, 1.165) is 32.5 Å². The number of benzene rings is 2.